The standard InChI is InChI=1S/C24H24N4O/c1-15-4-6-17(7-5-15)28-19-12-24(2,3)13-20(29)22(19)21(18(14-25)23(28)26)16-8-10-27-11-9-16/h4-11,21H,12-13,26H2,1-3H3. The smallest absolute Gasteiger partial charge is 0.162 e. The number of pyridine rings is 1. The number of benzene rings is 1. The number of anilines is 1. The third kappa shape index (κ3) is 3.21. The molecule has 1 atom stereocenters. The van der Waals surface area contributed by atoms with Gasteiger partial charge in [-0.2, -0.15) is 5.26 Å². The fourth-order valence-corrected chi connectivity index (χ4v) is 4.39. The van der Waals surface area contributed by atoms with Gasteiger partial charge >= 0.3 is 0 Å². The molecule has 1 aromatic heterocycles. The van der Waals surface area contributed by atoms with Crippen LogP contribution in [0.25, 0.3) is 0 Å². The summed E-state index contributed by atoms with van der Waals surface area (Å²) in [5, 5.41) is 10.0. The van der Waals surface area contributed by atoms with Gasteiger partial charge in [0.15, 0.2) is 5.78 Å². The first-order valence-corrected chi connectivity index (χ1v) is 9.75. The van der Waals surface area contributed by atoms with Crippen LogP contribution < -0.4 is 10.6 Å². The number of aromatic nitrogens is 1. The minimum absolute atomic E-state index is 0.0791. The first-order valence-electron chi connectivity index (χ1n) is 9.75. The molecule has 1 unspecified atom stereocenters. The van der Waals surface area contributed by atoms with Crippen molar-refractivity contribution in [3.8, 4) is 6.07 Å². The second-order valence-electron chi connectivity index (χ2n) is 8.60. The Bertz CT molecular complexity index is 1070. The molecule has 4 rings (SSSR count). The second-order valence-corrected chi connectivity index (χ2v) is 8.60. The van der Waals surface area contributed by atoms with E-state index in [1.807, 2.05) is 48.2 Å². The van der Waals surface area contributed by atoms with Gasteiger partial charge in [0.2, 0.25) is 0 Å². The van der Waals surface area contributed by atoms with Crippen molar-refractivity contribution in [2.45, 2.75) is 39.5 Å². The maximum Gasteiger partial charge on any atom is 0.162 e. The van der Waals surface area contributed by atoms with E-state index in [1.165, 1.54) is 0 Å². The van der Waals surface area contributed by atoms with E-state index in [-0.39, 0.29) is 11.2 Å². The van der Waals surface area contributed by atoms with E-state index in [1.54, 1.807) is 12.4 Å². The molecule has 0 bridgehead atoms. The Morgan fingerprint density at radius 1 is 1.14 bits per heavy atom. The van der Waals surface area contributed by atoms with Gasteiger partial charge in [0.25, 0.3) is 0 Å². The number of hydrogen-bond acceptors (Lipinski definition) is 5. The Morgan fingerprint density at radius 3 is 2.41 bits per heavy atom. The van der Waals surface area contributed by atoms with E-state index >= 15 is 0 Å². The molecule has 5 nitrogen and oxygen atoms in total. The monoisotopic (exact) mass is 384 g/mol. The summed E-state index contributed by atoms with van der Waals surface area (Å²) in [6, 6.07) is 14.0. The molecule has 1 aliphatic heterocycles. The number of carbonyl (C=O) groups excluding carboxylic acids is 1. The lowest BCUT2D eigenvalue weighted by Gasteiger charge is -2.43. The van der Waals surface area contributed by atoms with Gasteiger partial charge in [0, 0.05) is 35.8 Å². The average molecular weight is 384 g/mol. The van der Waals surface area contributed by atoms with E-state index in [0.29, 0.717) is 29.8 Å². The van der Waals surface area contributed by atoms with Gasteiger partial charge in [0.05, 0.1) is 17.6 Å². The Hall–Kier alpha value is -3.39. The minimum Gasteiger partial charge on any atom is -0.384 e. The van der Waals surface area contributed by atoms with Gasteiger partial charge in [0.1, 0.15) is 5.82 Å². The molecule has 2 heterocycles. The van der Waals surface area contributed by atoms with E-state index < -0.39 is 5.92 Å². The Balaban J connectivity index is 1.99. The van der Waals surface area contributed by atoms with E-state index in [0.717, 1.165) is 22.5 Å². The van der Waals surface area contributed by atoms with Crippen LogP contribution in [0.3, 0.4) is 0 Å². The topological polar surface area (TPSA) is 83.0 Å². The van der Waals surface area contributed by atoms with Crippen LogP contribution in [-0.4, -0.2) is 10.8 Å². The number of nitrogens with two attached hydrogens (primary N) is 1. The zero-order valence-electron chi connectivity index (χ0n) is 16.9. The number of aryl methyl sites for hydroxylation is 1. The number of Topliss-reactive ketones (excluding diaryl/α,β-unsaturated/α-hetero) is 1. The van der Waals surface area contributed by atoms with Gasteiger partial charge in [-0.05, 0) is 48.6 Å². The molecule has 29 heavy (non-hydrogen) atoms. The molecule has 0 fully saturated rings. The molecule has 2 aliphatic rings. The highest BCUT2D eigenvalue weighted by molar-refractivity contribution is 6.01. The predicted molar refractivity (Wildman–Crippen MR) is 113 cm³/mol. The predicted octanol–water partition coefficient (Wildman–Crippen LogP) is 4.33. The lowest BCUT2D eigenvalue weighted by molar-refractivity contribution is -0.118. The first kappa shape index (κ1) is 18.9. The maximum absolute atomic E-state index is 13.4. The molecular formula is C24H24N4O. The van der Waals surface area contributed by atoms with Crippen molar-refractivity contribution in [3.05, 3.63) is 82.6 Å². The van der Waals surface area contributed by atoms with Gasteiger partial charge in [-0.15, -0.1) is 0 Å². The van der Waals surface area contributed by atoms with Crippen molar-refractivity contribution in [2.75, 3.05) is 4.90 Å². The van der Waals surface area contributed by atoms with Gasteiger partial charge in [-0.1, -0.05) is 31.5 Å². The van der Waals surface area contributed by atoms with Crippen LogP contribution in [0.2, 0.25) is 0 Å². The van der Waals surface area contributed by atoms with Crippen molar-refractivity contribution in [1.29, 1.82) is 5.26 Å². The molecule has 0 saturated heterocycles. The number of nitrogens with zero attached hydrogens (tertiary/aromatic N) is 3. The zero-order valence-corrected chi connectivity index (χ0v) is 16.9. The number of hydrogen-bond donors (Lipinski definition) is 1. The quantitative estimate of drug-likeness (QED) is 0.833. The zero-order chi connectivity index (χ0) is 20.8. The van der Waals surface area contributed by atoms with Crippen LogP contribution in [0.5, 0.6) is 0 Å². The summed E-state index contributed by atoms with van der Waals surface area (Å²) in [4.78, 5) is 19.3. The van der Waals surface area contributed by atoms with Gasteiger partial charge in [-0.3, -0.25) is 14.7 Å². The van der Waals surface area contributed by atoms with Crippen LogP contribution in [0.15, 0.2) is 71.5 Å². The summed E-state index contributed by atoms with van der Waals surface area (Å²) in [7, 11) is 0. The van der Waals surface area contributed by atoms with Crippen molar-refractivity contribution in [2.24, 2.45) is 11.1 Å². The van der Waals surface area contributed by atoms with Gasteiger partial charge in [-0.25, -0.2) is 0 Å². The number of carbonyl (C=O) groups is 1. The molecule has 0 amide bonds. The molecule has 0 spiro atoms. The molecule has 2 aromatic rings. The normalized spacial score (nSPS) is 21.1. The number of ketones is 1. The first-order chi connectivity index (χ1) is 13.8. The molecule has 0 radical (unpaired) electrons. The van der Waals surface area contributed by atoms with Crippen molar-refractivity contribution in [3.63, 3.8) is 0 Å². The molecular weight excluding hydrogens is 360 g/mol. The Kier molecular flexibility index (Phi) is 4.50. The van der Waals surface area contributed by atoms with E-state index in [9.17, 15) is 10.1 Å². The lowest BCUT2D eigenvalue weighted by atomic mass is 9.68. The summed E-state index contributed by atoms with van der Waals surface area (Å²) < 4.78 is 0. The van der Waals surface area contributed by atoms with Crippen molar-refractivity contribution >= 4 is 11.5 Å². The summed E-state index contributed by atoms with van der Waals surface area (Å²) in [5.41, 5.74) is 11.3. The summed E-state index contributed by atoms with van der Waals surface area (Å²) in [5.74, 6) is 0.0149. The summed E-state index contributed by atoms with van der Waals surface area (Å²) >= 11 is 0. The minimum atomic E-state index is -0.455. The fraction of sp³-hybridized carbons (Fsp3) is 0.292. The van der Waals surface area contributed by atoms with E-state index in [2.05, 4.69) is 24.9 Å². The van der Waals surface area contributed by atoms with Crippen molar-refractivity contribution in [1.82, 2.24) is 4.98 Å². The van der Waals surface area contributed by atoms with Crippen LogP contribution in [0.4, 0.5) is 5.69 Å². The van der Waals surface area contributed by atoms with Crippen LogP contribution in [-0.2, 0) is 4.79 Å². The van der Waals surface area contributed by atoms with Crippen molar-refractivity contribution < 1.29 is 4.79 Å². The maximum atomic E-state index is 13.4. The number of nitriles is 1. The molecule has 5 heteroatoms. The second kappa shape index (κ2) is 6.89. The SMILES string of the molecule is Cc1ccc(N2C(N)=C(C#N)C(c3ccncc3)C3=C2CC(C)(C)CC3=O)cc1. The molecule has 146 valence electrons. The number of rotatable bonds is 2. The molecule has 2 N–H and O–H groups in total. The van der Waals surface area contributed by atoms with Crippen LogP contribution >= 0.6 is 0 Å². The van der Waals surface area contributed by atoms with E-state index in [4.69, 9.17) is 5.73 Å². The number of allylic oxidation sites excluding steroid dienone is 3. The van der Waals surface area contributed by atoms with Crippen LogP contribution in [0.1, 0.15) is 43.7 Å². The summed E-state index contributed by atoms with van der Waals surface area (Å²) in [6.07, 6.45) is 4.53. The molecule has 1 aliphatic carbocycles. The molecule has 1 aromatic carbocycles. The summed E-state index contributed by atoms with van der Waals surface area (Å²) in [6.45, 7) is 6.23. The third-order valence-electron chi connectivity index (χ3n) is 5.71. The third-order valence-corrected chi connectivity index (χ3v) is 5.71. The highest BCUT2D eigenvalue weighted by atomic mass is 16.1. The average Bonchev–Trinajstić information content (AvgIpc) is 2.68. The highest BCUT2D eigenvalue weighted by Crippen LogP contribution is 2.50. The lowest BCUT2D eigenvalue weighted by Crippen LogP contribution is -2.42. The van der Waals surface area contributed by atoms with Crippen LogP contribution in [0, 0.1) is 23.7 Å². The van der Waals surface area contributed by atoms with Gasteiger partial charge < -0.3 is 5.73 Å². The highest BCUT2D eigenvalue weighted by Gasteiger charge is 2.44. The Morgan fingerprint density at radius 2 is 1.79 bits per heavy atom. The fourth-order valence-electron chi connectivity index (χ4n) is 4.39. The molecule has 0 saturated carbocycles. The largest absolute Gasteiger partial charge is 0.384 e. The Labute approximate surface area is 171 Å².